The molecule has 0 fully saturated rings. The molecule has 2 aromatic heterocycles. The number of imidazole rings is 1. The molecule has 0 unspecified atom stereocenters. The Morgan fingerprint density at radius 1 is 1.33 bits per heavy atom. The molecule has 2 heterocycles. The van der Waals surface area contributed by atoms with Crippen LogP contribution in [0.1, 0.15) is 19.7 Å². The molecule has 0 saturated carbocycles. The molecule has 1 N–H and O–H groups in total. The van der Waals surface area contributed by atoms with E-state index in [0.29, 0.717) is 11.8 Å². The third-order valence-electron chi connectivity index (χ3n) is 2.18. The number of H-pyrrole nitrogens is 1. The lowest BCUT2D eigenvalue weighted by atomic mass is 10.1. The number of rotatable bonds is 3. The number of methoxy groups -OCH3 is 1. The number of hydrogen-bond donors (Lipinski definition) is 1. The van der Waals surface area contributed by atoms with Crippen LogP contribution in [0.3, 0.4) is 0 Å². The zero-order chi connectivity index (χ0) is 10.8. The standard InChI is InChI=1S/C11H15N3O/c1-7(2)6-9-12-8-4-5-10(15-3)14-11(8)13-9/h4-5,7H,6H2,1-3H3,(H,12,13,14). The molecule has 0 spiro atoms. The summed E-state index contributed by atoms with van der Waals surface area (Å²) in [7, 11) is 1.61. The summed E-state index contributed by atoms with van der Waals surface area (Å²) < 4.78 is 5.05. The van der Waals surface area contributed by atoms with Crippen molar-refractivity contribution in [3.05, 3.63) is 18.0 Å². The van der Waals surface area contributed by atoms with Crippen LogP contribution in [0.4, 0.5) is 0 Å². The minimum Gasteiger partial charge on any atom is -0.481 e. The van der Waals surface area contributed by atoms with Gasteiger partial charge in [0.2, 0.25) is 5.88 Å². The second kappa shape index (κ2) is 3.88. The Morgan fingerprint density at radius 2 is 2.13 bits per heavy atom. The molecule has 0 amide bonds. The molecule has 0 aromatic carbocycles. The second-order valence-electron chi connectivity index (χ2n) is 4.01. The lowest BCUT2D eigenvalue weighted by Gasteiger charge is -1.98. The number of aromatic nitrogens is 3. The average molecular weight is 205 g/mol. The molecule has 80 valence electrons. The fourth-order valence-corrected chi connectivity index (χ4v) is 1.52. The molecule has 0 aliphatic rings. The van der Waals surface area contributed by atoms with Crippen molar-refractivity contribution in [3.63, 3.8) is 0 Å². The molecule has 2 rings (SSSR count). The largest absolute Gasteiger partial charge is 0.481 e. The predicted octanol–water partition coefficient (Wildman–Crippen LogP) is 2.17. The highest BCUT2D eigenvalue weighted by atomic mass is 16.5. The summed E-state index contributed by atoms with van der Waals surface area (Å²) in [6.07, 6.45) is 0.943. The summed E-state index contributed by atoms with van der Waals surface area (Å²) in [5.74, 6) is 2.18. The maximum absolute atomic E-state index is 5.05. The van der Waals surface area contributed by atoms with Gasteiger partial charge in [-0.2, -0.15) is 4.98 Å². The van der Waals surface area contributed by atoms with Gasteiger partial charge in [0.05, 0.1) is 12.6 Å². The van der Waals surface area contributed by atoms with Gasteiger partial charge in [0.1, 0.15) is 5.82 Å². The molecule has 4 heteroatoms. The van der Waals surface area contributed by atoms with Crippen molar-refractivity contribution >= 4 is 11.2 Å². The van der Waals surface area contributed by atoms with Gasteiger partial charge in [-0.05, 0) is 12.0 Å². The van der Waals surface area contributed by atoms with Crippen molar-refractivity contribution in [2.45, 2.75) is 20.3 Å². The van der Waals surface area contributed by atoms with Crippen molar-refractivity contribution in [3.8, 4) is 5.88 Å². The van der Waals surface area contributed by atoms with E-state index in [2.05, 4.69) is 28.8 Å². The van der Waals surface area contributed by atoms with Crippen molar-refractivity contribution in [2.75, 3.05) is 7.11 Å². The van der Waals surface area contributed by atoms with E-state index < -0.39 is 0 Å². The first-order chi connectivity index (χ1) is 7.19. The van der Waals surface area contributed by atoms with Gasteiger partial charge in [0.25, 0.3) is 0 Å². The Bertz CT molecular complexity index is 462. The average Bonchev–Trinajstić information content (AvgIpc) is 2.57. The van der Waals surface area contributed by atoms with E-state index in [9.17, 15) is 0 Å². The number of aromatic amines is 1. The number of pyridine rings is 1. The third-order valence-corrected chi connectivity index (χ3v) is 2.18. The van der Waals surface area contributed by atoms with E-state index in [-0.39, 0.29) is 0 Å². The first-order valence-corrected chi connectivity index (χ1v) is 5.08. The minimum absolute atomic E-state index is 0.590. The van der Waals surface area contributed by atoms with E-state index in [1.54, 1.807) is 7.11 Å². The minimum atomic E-state index is 0.590. The van der Waals surface area contributed by atoms with E-state index >= 15 is 0 Å². The highest BCUT2D eigenvalue weighted by molar-refractivity contribution is 5.71. The lowest BCUT2D eigenvalue weighted by molar-refractivity contribution is 0.399. The van der Waals surface area contributed by atoms with E-state index in [1.165, 1.54) is 0 Å². The highest BCUT2D eigenvalue weighted by Crippen LogP contribution is 2.15. The molecule has 0 saturated heterocycles. The maximum Gasteiger partial charge on any atom is 0.215 e. The number of nitrogens with one attached hydrogen (secondary N) is 1. The van der Waals surface area contributed by atoms with Crippen LogP contribution in [0.5, 0.6) is 5.88 Å². The van der Waals surface area contributed by atoms with E-state index in [4.69, 9.17) is 4.74 Å². The molecule has 0 aliphatic carbocycles. The fraction of sp³-hybridized carbons (Fsp3) is 0.455. The first-order valence-electron chi connectivity index (χ1n) is 5.08. The third kappa shape index (κ3) is 2.09. The van der Waals surface area contributed by atoms with Crippen LogP contribution < -0.4 is 4.74 Å². The summed E-state index contributed by atoms with van der Waals surface area (Å²) in [6, 6.07) is 3.78. The normalized spacial score (nSPS) is 11.2. The monoisotopic (exact) mass is 205 g/mol. The van der Waals surface area contributed by atoms with Crippen molar-refractivity contribution in [1.82, 2.24) is 15.0 Å². The summed E-state index contributed by atoms with van der Waals surface area (Å²) in [4.78, 5) is 11.9. The van der Waals surface area contributed by atoms with Crippen LogP contribution in [0.2, 0.25) is 0 Å². The SMILES string of the molecule is COc1ccc2[nH]c(CC(C)C)nc2n1. The summed E-state index contributed by atoms with van der Waals surface area (Å²) in [5, 5.41) is 0. The first kappa shape index (κ1) is 9.96. The van der Waals surface area contributed by atoms with Crippen LogP contribution in [-0.4, -0.2) is 22.1 Å². The number of fused-ring (bicyclic) bond motifs is 1. The van der Waals surface area contributed by atoms with Crippen molar-refractivity contribution in [2.24, 2.45) is 5.92 Å². The van der Waals surface area contributed by atoms with E-state index in [1.807, 2.05) is 12.1 Å². The van der Waals surface area contributed by atoms with Gasteiger partial charge in [-0.3, -0.25) is 0 Å². The van der Waals surface area contributed by atoms with Crippen LogP contribution in [0, 0.1) is 5.92 Å². The molecule has 0 bridgehead atoms. The molecule has 4 nitrogen and oxygen atoms in total. The van der Waals surface area contributed by atoms with Gasteiger partial charge < -0.3 is 9.72 Å². The summed E-state index contributed by atoms with van der Waals surface area (Å²) >= 11 is 0. The quantitative estimate of drug-likeness (QED) is 0.835. The number of ether oxygens (including phenoxy) is 1. The highest BCUT2D eigenvalue weighted by Gasteiger charge is 2.06. The van der Waals surface area contributed by atoms with Crippen LogP contribution in [0.15, 0.2) is 12.1 Å². The second-order valence-corrected chi connectivity index (χ2v) is 4.01. The molecule has 0 atom stereocenters. The van der Waals surface area contributed by atoms with Crippen molar-refractivity contribution < 1.29 is 4.74 Å². The molecule has 0 aliphatic heterocycles. The summed E-state index contributed by atoms with van der Waals surface area (Å²) in [5.41, 5.74) is 1.69. The fourth-order valence-electron chi connectivity index (χ4n) is 1.52. The van der Waals surface area contributed by atoms with Gasteiger partial charge in [0.15, 0.2) is 5.65 Å². The Hall–Kier alpha value is -1.58. The van der Waals surface area contributed by atoms with Crippen LogP contribution in [0.25, 0.3) is 11.2 Å². The maximum atomic E-state index is 5.05. The Morgan fingerprint density at radius 3 is 2.80 bits per heavy atom. The molecular weight excluding hydrogens is 190 g/mol. The smallest absolute Gasteiger partial charge is 0.215 e. The number of nitrogens with zero attached hydrogens (tertiary/aromatic N) is 2. The lowest BCUT2D eigenvalue weighted by Crippen LogP contribution is -1.95. The topological polar surface area (TPSA) is 50.8 Å². The van der Waals surface area contributed by atoms with Gasteiger partial charge >= 0.3 is 0 Å². The predicted molar refractivity (Wildman–Crippen MR) is 59.0 cm³/mol. The Labute approximate surface area is 88.7 Å². The molecule has 0 radical (unpaired) electrons. The van der Waals surface area contributed by atoms with E-state index in [0.717, 1.165) is 23.4 Å². The van der Waals surface area contributed by atoms with Crippen LogP contribution in [-0.2, 0) is 6.42 Å². The number of hydrogen-bond acceptors (Lipinski definition) is 3. The summed E-state index contributed by atoms with van der Waals surface area (Å²) in [6.45, 7) is 4.34. The van der Waals surface area contributed by atoms with Gasteiger partial charge in [-0.15, -0.1) is 0 Å². The zero-order valence-electron chi connectivity index (χ0n) is 9.24. The molecule has 15 heavy (non-hydrogen) atoms. The Balaban J connectivity index is 2.37. The van der Waals surface area contributed by atoms with Gasteiger partial charge in [-0.25, -0.2) is 4.98 Å². The van der Waals surface area contributed by atoms with Gasteiger partial charge in [-0.1, -0.05) is 13.8 Å². The van der Waals surface area contributed by atoms with Crippen molar-refractivity contribution in [1.29, 1.82) is 0 Å². The zero-order valence-corrected chi connectivity index (χ0v) is 9.24. The Kier molecular flexibility index (Phi) is 2.58. The van der Waals surface area contributed by atoms with Gasteiger partial charge in [0, 0.05) is 12.5 Å². The molecule has 2 aromatic rings. The van der Waals surface area contributed by atoms with Crippen LogP contribution >= 0.6 is 0 Å². The molecular formula is C11H15N3O.